The molecule has 2 unspecified atom stereocenters. The third-order valence-corrected chi connectivity index (χ3v) is 4.29. The normalized spacial score (nSPS) is 23.6. The molecule has 1 aromatic rings. The van der Waals surface area contributed by atoms with Gasteiger partial charge in [-0.15, -0.1) is 0 Å². The van der Waals surface area contributed by atoms with Crippen LogP contribution in [-0.2, 0) is 0 Å². The van der Waals surface area contributed by atoms with E-state index < -0.39 is 0 Å². The second kappa shape index (κ2) is 6.05. The lowest BCUT2D eigenvalue weighted by molar-refractivity contribution is 0.0920. The molecule has 1 aliphatic heterocycles. The van der Waals surface area contributed by atoms with E-state index in [2.05, 4.69) is 57.5 Å². The number of halogens is 1. The molecular formula is C13H21BrN4O. The van der Waals surface area contributed by atoms with Crippen molar-refractivity contribution in [2.45, 2.75) is 51.6 Å². The summed E-state index contributed by atoms with van der Waals surface area (Å²) < 4.78 is 0.780. The van der Waals surface area contributed by atoms with Crippen LogP contribution in [0.1, 0.15) is 55.7 Å². The van der Waals surface area contributed by atoms with Crippen LogP contribution in [-0.4, -0.2) is 34.7 Å². The second-order valence-electron chi connectivity index (χ2n) is 5.50. The number of aromatic amines is 1. The quantitative estimate of drug-likeness (QED) is 0.796. The van der Waals surface area contributed by atoms with Crippen molar-refractivity contribution in [3.8, 4) is 0 Å². The van der Waals surface area contributed by atoms with Gasteiger partial charge in [0, 0.05) is 12.1 Å². The smallest absolute Gasteiger partial charge is 0.273 e. The molecule has 106 valence electrons. The molecule has 0 spiro atoms. The lowest BCUT2D eigenvalue weighted by atomic mass is 10.0. The Bertz CT molecular complexity index is 457. The molecule has 1 amide bonds. The molecule has 0 saturated carbocycles. The van der Waals surface area contributed by atoms with Crippen LogP contribution in [0.2, 0.25) is 0 Å². The van der Waals surface area contributed by atoms with E-state index in [0.717, 1.165) is 29.6 Å². The van der Waals surface area contributed by atoms with E-state index in [1.165, 1.54) is 0 Å². The molecule has 1 aliphatic rings. The van der Waals surface area contributed by atoms with Gasteiger partial charge >= 0.3 is 0 Å². The average Bonchev–Trinajstić information content (AvgIpc) is 2.71. The Morgan fingerprint density at radius 2 is 2.26 bits per heavy atom. The molecule has 0 radical (unpaired) electrons. The largest absolute Gasteiger partial charge is 0.348 e. The van der Waals surface area contributed by atoms with Crippen LogP contribution in [0.5, 0.6) is 0 Å². The van der Waals surface area contributed by atoms with Crippen molar-refractivity contribution in [2.24, 2.45) is 0 Å². The van der Waals surface area contributed by atoms with Gasteiger partial charge in [0.25, 0.3) is 5.91 Å². The fraction of sp³-hybridized carbons (Fsp3) is 0.692. The highest BCUT2D eigenvalue weighted by Crippen LogP contribution is 2.25. The third kappa shape index (κ3) is 3.36. The summed E-state index contributed by atoms with van der Waals surface area (Å²) in [7, 11) is 0. The van der Waals surface area contributed by atoms with Gasteiger partial charge in [-0.2, -0.15) is 5.10 Å². The fourth-order valence-electron chi connectivity index (χ4n) is 2.39. The zero-order valence-electron chi connectivity index (χ0n) is 11.6. The van der Waals surface area contributed by atoms with Crippen molar-refractivity contribution in [2.75, 3.05) is 6.54 Å². The third-order valence-electron chi connectivity index (χ3n) is 3.48. The van der Waals surface area contributed by atoms with Crippen LogP contribution in [0.15, 0.2) is 4.47 Å². The summed E-state index contributed by atoms with van der Waals surface area (Å²) in [6, 6.07) is 0.683. The van der Waals surface area contributed by atoms with E-state index in [4.69, 9.17) is 0 Å². The maximum absolute atomic E-state index is 12.2. The lowest BCUT2D eigenvalue weighted by Crippen LogP contribution is -2.46. The number of hydrogen-bond donors (Lipinski definition) is 3. The fourth-order valence-corrected chi connectivity index (χ4v) is 3.21. The highest BCUT2D eigenvalue weighted by atomic mass is 79.9. The number of carbonyl (C=O) groups excluding carboxylic acids is 1. The number of piperidine rings is 1. The van der Waals surface area contributed by atoms with Gasteiger partial charge < -0.3 is 10.6 Å². The van der Waals surface area contributed by atoms with E-state index >= 15 is 0 Å². The van der Waals surface area contributed by atoms with Gasteiger partial charge in [-0.3, -0.25) is 9.89 Å². The number of nitrogens with zero attached hydrogens (tertiary/aromatic N) is 1. The van der Waals surface area contributed by atoms with Crippen LogP contribution in [0.4, 0.5) is 0 Å². The summed E-state index contributed by atoms with van der Waals surface area (Å²) in [5.41, 5.74) is 1.42. The van der Waals surface area contributed by atoms with Gasteiger partial charge in [0.05, 0.1) is 10.2 Å². The monoisotopic (exact) mass is 328 g/mol. The van der Waals surface area contributed by atoms with Gasteiger partial charge in [-0.25, -0.2) is 0 Å². The Hall–Kier alpha value is -0.880. The average molecular weight is 329 g/mol. The van der Waals surface area contributed by atoms with Crippen molar-refractivity contribution >= 4 is 21.8 Å². The van der Waals surface area contributed by atoms with Crippen molar-refractivity contribution in [3.63, 3.8) is 0 Å². The van der Waals surface area contributed by atoms with Crippen molar-refractivity contribution in [1.82, 2.24) is 20.8 Å². The molecule has 6 heteroatoms. The summed E-state index contributed by atoms with van der Waals surface area (Å²) >= 11 is 3.46. The van der Waals surface area contributed by atoms with Gasteiger partial charge in [0.2, 0.25) is 0 Å². The number of H-pyrrole nitrogens is 1. The summed E-state index contributed by atoms with van der Waals surface area (Å²) in [5.74, 6) is 0.205. The van der Waals surface area contributed by atoms with Crippen LogP contribution >= 0.6 is 15.9 Å². The number of amides is 1. The summed E-state index contributed by atoms with van der Waals surface area (Å²) in [6.45, 7) is 7.22. The number of carbonyl (C=O) groups is 1. The highest BCUT2D eigenvalue weighted by molar-refractivity contribution is 9.10. The predicted molar refractivity (Wildman–Crippen MR) is 78.3 cm³/mol. The van der Waals surface area contributed by atoms with Crippen LogP contribution < -0.4 is 10.6 Å². The molecule has 0 bridgehead atoms. The first-order chi connectivity index (χ1) is 8.99. The zero-order chi connectivity index (χ0) is 14.0. The van der Waals surface area contributed by atoms with Crippen LogP contribution in [0.25, 0.3) is 0 Å². The van der Waals surface area contributed by atoms with Gasteiger partial charge in [0.15, 0.2) is 5.69 Å². The Morgan fingerprint density at radius 3 is 2.84 bits per heavy atom. The Balaban J connectivity index is 2.03. The Labute approximate surface area is 122 Å². The molecule has 1 saturated heterocycles. The highest BCUT2D eigenvalue weighted by Gasteiger charge is 2.24. The molecule has 2 atom stereocenters. The first-order valence-electron chi connectivity index (χ1n) is 6.77. The standard InChI is InChI=1S/C13H21BrN4O/c1-7(2)11-10(14)12(18-17-11)13(19)16-9-4-5-15-8(3)6-9/h7-9,15H,4-6H2,1-3H3,(H,16,19)(H,17,18). The van der Waals surface area contributed by atoms with Gasteiger partial charge in [0.1, 0.15) is 0 Å². The lowest BCUT2D eigenvalue weighted by Gasteiger charge is -2.28. The SMILES string of the molecule is CC1CC(NC(=O)c2n[nH]c(C(C)C)c2Br)CCN1. The molecule has 5 nitrogen and oxygen atoms in total. The topological polar surface area (TPSA) is 69.8 Å². The van der Waals surface area contributed by atoms with Crippen molar-refractivity contribution in [1.29, 1.82) is 0 Å². The van der Waals surface area contributed by atoms with Crippen LogP contribution in [0, 0.1) is 0 Å². The zero-order valence-corrected chi connectivity index (χ0v) is 13.2. The number of rotatable bonds is 3. The molecule has 1 fully saturated rings. The molecule has 19 heavy (non-hydrogen) atoms. The maximum atomic E-state index is 12.2. The maximum Gasteiger partial charge on any atom is 0.273 e. The Kier molecular flexibility index (Phi) is 4.62. The predicted octanol–water partition coefficient (Wildman–Crippen LogP) is 2.17. The first-order valence-corrected chi connectivity index (χ1v) is 7.56. The van der Waals surface area contributed by atoms with E-state index in [9.17, 15) is 4.79 Å². The number of nitrogens with one attached hydrogen (secondary N) is 3. The summed E-state index contributed by atoms with van der Waals surface area (Å²) in [6.07, 6.45) is 1.93. The second-order valence-corrected chi connectivity index (χ2v) is 6.30. The van der Waals surface area contributed by atoms with E-state index in [1.807, 2.05) is 0 Å². The molecule has 3 N–H and O–H groups in total. The summed E-state index contributed by atoms with van der Waals surface area (Å²) in [5, 5.41) is 13.5. The minimum Gasteiger partial charge on any atom is -0.348 e. The molecule has 2 heterocycles. The molecule has 2 rings (SSSR count). The van der Waals surface area contributed by atoms with E-state index in [1.54, 1.807) is 0 Å². The number of aromatic nitrogens is 2. The number of hydrogen-bond acceptors (Lipinski definition) is 3. The molecule has 0 aliphatic carbocycles. The minimum atomic E-state index is -0.103. The summed E-state index contributed by atoms with van der Waals surface area (Å²) in [4.78, 5) is 12.2. The van der Waals surface area contributed by atoms with Crippen molar-refractivity contribution in [3.05, 3.63) is 15.9 Å². The first kappa shape index (κ1) is 14.5. The molecular weight excluding hydrogens is 308 g/mol. The van der Waals surface area contributed by atoms with Crippen LogP contribution in [0.3, 0.4) is 0 Å². The Morgan fingerprint density at radius 1 is 1.53 bits per heavy atom. The molecule has 1 aromatic heterocycles. The van der Waals surface area contributed by atoms with E-state index in [-0.39, 0.29) is 11.9 Å². The van der Waals surface area contributed by atoms with E-state index in [0.29, 0.717) is 17.7 Å². The molecule has 0 aromatic carbocycles. The van der Waals surface area contributed by atoms with Gasteiger partial charge in [-0.1, -0.05) is 13.8 Å². The van der Waals surface area contributed by atoms with Gasteiger partial charge in [-0.05, 0) is 48.2 Å². The minimum absolute atomic E-state index is 0.103. The van der Waals surface area contributed by atoms with Crippen molar-refractivity contribution < 1.29 is 4.79 Å².